The van der Waals surface area contributed by atoms with E-state index >= 15 is 0 Å². The van der Waals surface area contributed by atoms with Crippen LogP contribution in [0, 0.1) is 5.82 Å². The van der Waals surface area contributed by atoms with Crippen LogP contribution in [-0.2, 0) is 22.4 Å². The molecule has 3 rings (SSSR count). The molecule has 0 bridgehead atoms. The Morgan fingerprint density at radius 1 is 1.24 bits per heavy atom. The van der Waals surface area contributed by atoms with Crippen molar-refractivity contribution < 1.29 is 14.0 Å². The number of anilines is 2. The van der Waals surface area contributed by atoms with Gasteiger partial charge < -0.3 is 10.6 Å². The molecular formula is C16H13FN2O2. The Bertz CT molecular complexity index is 728. The molecule has 0 saturated carbocycles. The van der Waals surface area contributed by atoms with Gasteiger partial charge in [0.05, 0.1) is 12.8 Å². The lowest BCUT2D eigenvalue weighted by Crippen LogP contribution is -2.14. The summed E-state index contributed by atoms with van der Waals surface area (Å²) in [4.78, 5) is 23.2. The highest BCUT2D eigenvalue weighted by molar-refractivity contribution is 6.00. The summed E-state index contributed by atoms with van der Waals surface area (Å²) in [6.07, 6.45) is 0.426. The summed E-state index contributed by atoms with van der Waals surface area (Å²) in [7, 11) is 0. The molecule has 5 heteroatoms. The molecule has 2 aromatic carbocycles. The van der Waals surface area contributed by atoms with Crippen LogP contribution < -0.4 is 10.6 Å². The van der Waals surface area contributed by atoms with Crippen LogP contribution in [0.4, 0.5) is 15.8 Å². The molecule has 2 N–H and O–H groups in total. The number of rotatable bonds is 3. The molecule has 1 aliphatic rings. The first kappa shape index (κ1) is 13.3. The highest BCUT2D eigenvalue weighted by Crippen LogP contribution is 2.26. The SMILES string of the molecule is O=C(Cc1cccc(F)c1)Nc1ccc2c(c1)CC(=O)N2. The molecule has 0 spiro atoms. The van der Waals surface area contributed by atoms with Crippen molar-refractivity contribution in [1.29, 1.82) is 0 Å². The lowest BCUT2D eigenvalue weighted by molar-refractivity contribution is -0.116. The van der Waals surface area contributed by atoms with Gasteiger partial charge in [0.2, 0.25) is 11.8 Å². The van der Waals surface area contributed by atoms with Crippen LogP contribution in [0.2, 0.25) is 0 Å². The Balaban J connectivity index is 1.68. The van der Waals surface area contributed by atoms with Crippen molar-refractivity contribution in [2.45, 2.75) is 12.8 Å². The molecular weight excluding hydrogens is 271 g/mol. The summed E-state index contributed by atoms with van der Waals surface area (Å²) in [5.41, 5.74) is 2.89. The Hall–Kier alpha value is -2.69. The summed E-state index contributed by atoms with van der Waals surface area (Å²) in [6, 6.07) is 11.2. The van der Waals surface area contributed by atoms with Gasteiger partial charge >= 0.3 is 0 Å². The van der Waals surface area contributed by atoms with Gasteiger partial charge in [-0.15, -0.1) is 0 Å². The third kappa shape index (κ3) is 3.08. The van der Waals surface area contributed by atoms with Crippen LogP contribution in [0.25, 0.3) is 0 Å². The Morgan fingerprint density at radius 2 is 2.10 bits per heavy atom. The molecule has 106 valence electrons. The number of carbonyl (C=O) groups is 2. The molecule has 0 atom stereocenters. The fraction of sp³-hybridized carbons (Fsp3) is 0.125. The summed E-state index contributed by atoms with van der Waals surface area (Å²) in [5.74, 6) is -0.631. The third-order valence-corrected chi connectivity index (χ3v) is 3.27. The van der Waals surface area contributed by atoms with E-state index in [-0.39, 0.29) is 24.1 Å². The normalized spacial score (nSPS) is 12.7. The predicted octanol–water partition coefficient (Wildman–Crippen LogP) is 2.50. The van der Waals surface area contributed by atoms with E-state index in [1.807, 2.05) is 0 Å². The highest BCUT2D eigenvalue weighted by Gasteiger charge is 2.17. The number of benzene rings is 2. The van der Waals surface area contributed by atoms with Crippen LogP contribution in [-0.4, -0.2) is 11.8 Å². The molecule has 1 heterocycles. The van der Waals surface area contributed by atoms with Crippen LogP contribution in [0.15, 0.2) is 42.5 Å². The fourth-order valence-corrected chi connectivity index (χ4v) is 2.34. The molecule has 0 aromatic heterocycles. The molecule has 2 amide bonds. The van der Waals surface area contributed by atoms with Crippen LogP contribution >= 0.6 is 0 Å². The van der Waals surface area contributed by atoms with Crippen molar-refractivity contribution in [1.82, 2.24) is 0 Å². The molecule has 1 aliphatic heterocycles. The van der Waals surface area contributed by atoms with E-state index in [9.17, 15) is 14.0 Å². The molecule has 2 aromatic rings. The first-order valence-electron chi connectivity index (χ1n) is 6.57. The van der Waals surface area contributed by atoms with Crippen LogP contribution in [0.5, 0.6) is 0 Å². The van der Waals surface area contributed by atoms with Gasteiger partial charge in [-0.3, -0.25) is 9.59 Å². The quantitative estimate of drug-likeness (QED) is 0.909. The van der Waals surface area contributed by atoms with E-state index in [2.05, 4.69) is 10.6 Å². The van der Waals surface area contributed by atoms with Crippen molar-refractivity contribution in [2.75, 3.05) is 10.6 Å². The average Bonchev–Trinajstić information content (AvgIpc) is 2.78. The van der Waals surface area contributed by atoms with E-state index in [1.165, 1.54) is 12.1 Å². The smallest absolute Gasteiger partial charge is 0.228 e. The molecule has 21 heavy (non-hydrogen) atoms. The second-order valence-electron chi connectivity index (χ2n) is 4.95. The minimum atomic E-state index is -0.359. The molecule has 0 unspecified atom stereocenters. The largest absolute Gasteiger partial charge is 0.326 e. The van der Waals surface area contributed by atoms with E-state index in [4.69, 9.17) is 0 Å². The average molecular weight is 284 g/mol. The maximum Gasteiger partial charge on any atom is 0.228 e. The van der Waals surface area contributed by atoms with Crippen molar-refractivity contribution in [3.63, 3.8) is 0 Å². The second kappa shape index (κ2) is 5.36. The summed E-state index contributed by atoms with van der Waals surface area (Å²) in [6.45, 7) is 0. The molecule has 0 fully saturated rings. The van der Waals surface area contributed by atoms with Gasteiger partial charge in [-0.05, 0) is 41.5 Å². The third-order valence-electron chi connectivity index (χ3n) is 3.27. The Kier molecular flexibility index (Phi) is 3.39. The molecule has 4 nitrogen and oxygen atoms in total. The Labute approximate surface area is 121 Å². The monoisotopic (exact) mass is 284 g/mol. The van der Waals surface area contributed by atoms with Gasteiger partial charge in [0.1, 0.15) is 5.82 Å². The first-order chi connectivity index (χ1) is 10.1. The topological polar surface area (TPSA) is 58.2 Å². The van der Waals surface area contributed by atoms with Crippen molar-refractivity contribution in [3.05, 3.63) is 59.4 Å². The lowest BCUT2D eigenvalue weighted by Gasteiger charge is -2.07. The van der Waals surface area contributed by atoms with E-state index < -0.39 is 0 Å². The van der Waals surface area contributed by atoms with Crippen LogP contribution in [0.1, 0.15) is 11.1 Å². The zero-order chi connectivity index (χ0) is 14.8. The summed E-state index contributed by atoms with van der Waals surface area (Å²) < 4.78 is 13.1. The number of fused-ring (bicyclic) bond motifs is 1. The fourth-order valence-electron chi connectivity index (χ4n) is 2.34. The minimum absolute atomic E-state index is 0.0479. The summed E-state index contributed by atoms with van der Waals surface area (Å²) in [5, 5.41) is 5.48. The number of hydrogen-bond acceptors (Lipinski definition) is 2. The number of amides is 2. The van der Waals surface area contributed by atoms with Crippen molar-refractivity contribution in [3.8, 4) is 0 Å². The van der Waals surface area contributed by atoms with Gasteiger partial charge in [-0.1, -0.05) is 12.1 Å². The molecule has 0 saturated heterocycles. The maximum atomic E-state index is 13.1. The number of hydrogen-bond donors (Lipinski definition) is 2. The predicted molar refractivity (Wildman–Crippen MR) is 77.5 cm³/mol. The lowest BCUT2D eigenvalue weighted by atomic mass is 10.1. The van der Waals surface area contributed by atoms with E-state index in [1.54, 1.807) is 30.3 Å². The number of halogens is 1. The van der Waals surface area contributed by atoms with Crippen molar-refractivity contribution >= 4 is 23.2 Å². The number of nitrogens with one attached hydrogen (secondary N) is 2. The van der Waals surface area contributed by atoms with Gasteiger partial charge in [-0.25, -0.2) is 4.39 Å². The zero-order valence-electron chi connectivity index (χ0n) is 11.2. The zero-order valence-corrected chi connectivity index (χ0v) is 11.2. The van der Waals surface area contributed by atoms with Crippen molar-refractivity contribution in [2.24, 2.45) is 0 Å². The van der Waals surface area contributed by atoms with Gasteiger partial charge in [-0.2, -0.15) is 0 Å². The van der Waals surface area contributed by atoms with Crippen LogP contribution in [0.3, 0.4) is 0 Å². The molecule has 0 radical (unpaired) electrons. The molecule has 0 aliphatic carbocycles. The Morgan fingerprint density at radius 3 is 2.90 bits per heavy atom. The number of carbonyl (C=O) groups excluding carboxylic acids is 2. The highest BCUT2D eigenvalue weighted by atomic mass is 19.1. The van der Waals surface area contributed by atoms with Gasteiger partial charge in [0.15, 0.2) is 0 Å². The standard InChI is InChI=1S/C16H13FN2O2/c17-12-3-1-2-10(6-12)7-15(20)18-13-4-5-14-11(8-13)9-16(21)19-14/h1-6,8H,7,9H2,(H,18,20)(H,19,21). The van der Waals surface area contributed by atoms with Gasteiger partial charge in [0, 0.05) is 11.4 Å². The minimum Gasteiger partial charge on any atom is -0.326 e. The second-order valence-corrected chi connectivity index (χ2v) is 4.95. The van der Waals surface area contributed by atoms with Gasteiger partial charge in [0.25, 0.3) is 0 Å². The van der Waals surface area contributed by atoms with E-state index in [0.717, 1.165) is 11.3 Å². The summed E-state index contributed by atoms with van der Waals surface area (Å²) >= 11 is 0. The first-order valence-corrected chi connectivity index (χ1v) is 6.57. The maximum absolute atomic E-state index is 13.1. The van der Waals surface area contributed by atoms with E-state index in [0.29, 0.717) is 17.7 Å².